The first-order valence-electron chi connectivity index (χ1n) is 4.35. The van der Waals surface area contributed by atoms with Gasteiger partial charge in [-0.3, -0.25) is 9.78 Å². The number of rotatable bonds is 2. The number of nitrogens with two attached hydrogens (primary N) is 1. The van der Waals surface area contributed by atoms with E-state index in [1.807, 2.05) is 0 Å². The van der Waals surface area contributed by atoms with Gasteiger partial charge >= 0.3 is 0 Å². The Morgan fingerprint density at radius 2 is 2.29 bits per heavy atom. The molecule has 0 radical (unpaired) electrons. The first-order valence-corrected chi connectivity index (χ1v) is 4.35. The van der Waals surface area contributed by atoms with E-state index in [4.69, 9.17) is 11.0 Å². The van der Waals surface area contributed by atoms with Gasteiger partial charge in [0.2, 0.25) is 5.91 Å². The molecule has 1 saturated carbocycles. The molecule has 0 aliphatic heterocycles. The van der Waals surface area contributed by atoms with Gasteiger partial charge in [-0.15, -0.1) is 0 Å². The maximum Gasteiger partial charge on any atom is 0.250 e. The van der Waals surface area contributed by atoms with Gasteiger partial charge in [0.25, 0.3) is 0 Å². The third kappa shape index (κ3) is 1.23. The van der Waals surface area contributed by atoms with Crippen molar-refractivity contribution in [1.82, 2.24) is 4.98 Å². The zero-order valence-electron chi connectivity index (χ0n) is 7.53. The van der Waals surface area contributed by atoms with Crippen LogP contribution in [0.25, 0.3) is 0 Å². The smallest absolute Gasteiger partial charge is 0.250 e. The van der Waals surface area contributed by atoms with Gasteiger partial charge in [0, 0.05) is 6.20 Å². The molecule has 0 atom stereocenters. The number of nitriles is 1. The molecule has 0 saturated heterocycles. The van der Waals surface area contributed by atoms with Crippen molar-refractivity contribution in [1.29, 1.82) is 5.26 Å². The fraction of sp³-hybridized carbons (Fsp3) is 0.300. The lowest BCUT2D eigenvalue weighted by Crippen LogP contribution is -2.13. The number of pyridine rings is 1. The molecular formula is C10H9N3O. The highest BCUT2D eigenvalue weighted by molar-refractivity contribution is 5.92. The standard InChI is InChI=1S/C10H9N3O/c11-6-10(3-4-10)8-2-1-7(5-13-8)9(12)14/h1-2,5H,3-4H2,(H2,12,14). The summed E-state index contributed by atoms with van der Waals surface area (Å²) >= 11 is 0. The Morgan fingerprint density at radius 3 is 2.64 bits per heavy atom. The van der Waals surface area contributed by atoms with Gasteiger partial charge in [0.1, 0.15) is 0 Å². The molecule has 1 amide bonds. The van der Waals surface area contributed by atoms with Gasteiger partial charge in [-0.1, -0.05) is 0 Å². The summed E-state index contributed by atoms with van der Waals surface area (Å²) < 4.78 is 0. The van der Waals surface area contributed by atoms with Gasteiger partial charge in [-0.2, -0.15) is 5.26 Å². The van der Waals surface area contributed by atoms with E-state index >= 15 is 0 Å². The van der Waals surface area contributed by atoms with Gasteiger partial charge in [-0.25, -0.2) is 0 Å². The normalized spacial score (nSPS) is 17.1. The van der Waals surface area contributed by atoms with E-state index in [-0.39, 0.29) is 0 Å². The van der Waals surface area contributed by atoms with Crippen molar-refractivity contribution < 1.29 is 4.79 Å². The van der Waals surface area contributed by atoms with Crippen molar-refractivity contribution in [2.24, 2.45) is 5.73 Å². The summed E-state index contributed by atoms with van der Waals surface area (Å²) in [5.74, 6) is -0.495. The molecule has 2 rings (SSSR count). The fourth-order valence-corrected chi connectivity index (χ4v) is 1.37. The molecule has 0 spiro atoms. The van der Waals surface area contributed by atoms with Crippen LogP contribution in [-0.2, 0) is 5.41 Å². The number of nitrogens with zero attached hydrogens (tertiary/aromatic N) is 2. The van der Waals surface area contributed by atoms with Crippen molar-refractivity contribution in [3.05, 3.63) is 29.6 Å². The van der Waals surface area contributed by atoms with Crippen molar-refractivity contribution in [3.63, 3.8) is 0 Å². The average Bonchev–Trinajstić information content (AvgIpc) is 2.99. The summed E-state index contributed by atoms with van der Waals surface area (Å²) in [5.41, 5.74) is 5.80. The maximum absolute atomic E-state index is 10.8. The third-order valence-electron chi connectivity index (χ3n) is 2.50. The highest BCUT2D eigenvalue weighted by Gasteiger charge is 2.46. The molecule has 1 heterocycles. The molecule has 1 aliphatic rings. The van der Waals surface area contributed by atoms with E-state index in [1.165, 1.54) is 6.20 Å². The van der Waals surface area contributed by atoms with Crippen LogP contribution >= 0.6 is 0 Å². The molecule has 1 aliphatic carbocycles. The summed E-state index contributed by atoms with van der Waals surface area (Å²) in [6, 6.07) is 5.56. The van der Waals surface area contributed by atoms with E-state index in [0.29, 0.717) is 5.56 Å². The lowest BCUT2D eigenvalue weighted by molar-refractivity contribution is 0.1000. The summed E-state index contributed by atoms with van der Waals surface area (Å²) in [4.78, 5) is 14.8. The molecule has 0 unspecified atom stereocenters. The minimum absolute atomic E-state index is 0.377. The molecule has 1 fully saturated rings. The number of hydrogen-bond acceptors (Lipinski definition) is 3. The van der Waals surface area contributed by atoms with Crippen molar-refractivity contribution in [2.75, 3.05) is 0 Å². The topological polar surface area (TPSA) is 79.8 Å². The number of carbonyl (C=O) groups is 1. The zero-order valence-corrected chi connectivity index (χ0v) is 7.53. The Labute approximate surface area is 81.4 Å². The molecule has 1 aromatic rings. The lowest BCUT2D eigenvalue weighted by Gasteiger charge is -2.04. The van der Waals surface area contributed by atoms with Gasteiger partial charge in [0.05, 0.1) is 22.7 Å². The van der Waals surface area contributed by atoms with Crippen LogP contribution in [0.2, 0.25) is 0 Å². The quantitative estimate of drug-likeness (QED) is 0.741. The first kappa shape index (κ1) is 8.70. The summed E-state index contributed by atoms with van der Waals surface area (Å²) in [6.07, 6.45) is 3.13. The van der Waals surface area contributed by atoms with Crippen LogP contribution in [0.3, 0.4) is 0 Å². The van der Waals surface area contributed by atoms with Crippen LogP contribution < -0.4 is 5.73 Å². The Kier molecular flexibility index (Phi) is 1.74. The van der Waals surface area contributed by atoms with Crippen molar-refractivity contribution in [2.45, 2.75) is 18.3 Å². The molecule has 14 heavy (non-hydrogen) atoms. The summed E-state index contributed by atoms with van der Waals surface area (Å²) in [7, 11) is 0. The fourth-order valence-electron chi connectivity index (χ4n) is 1.37. The second-order valence-electron chi connectivity index (χ2n) is 3.49. The minimum Gasteiger partial charge on any atom is -0.366 e. The van der Waals surface area contributed by atoms with Crippen molar-refractivity contribution in [3.8, 4) is 6.07 Å². The van der Waals surface area contributed by atoms with Gasteiger partial charge in [0.15, 0.2) is 0 Å². The molecule has 0 bridgehead atoms. The predicted molar refractivity (Wildman–Crippen MR) is 49.3 cm³/mol. The summed E-state index contributed by atoms with van der Waals surface area (Å²) in [6.45, 7) is 0. The first-order chi connectivity index (χ1) is 6.68. The third-order valence-corrected chi connectivity index (χ3v) is 2.50. The maximum atomic E-state index is 10.8. The van der Waals surface area contributed by atoms with Crippen molar-refractivity contribution >= 4 is 5.91 Å². The summed E-state index contributed by atoms with van der Waals surface area (Å²) in [5, 5.41) is 8.91. The second-order valence-corrected chi connectivity index (χ2v) is 3.49. The highest BCUT2D eigenvalue weighted by Crippen LogP contribution is 2.46. The van der Waals surface area contributed by atoms with Crippen LogP contribution in [0.4, 0.5) is 0 Å². The van der Waals surface area contributed by atoms with Gasteiger partial charge < -0.3 is 5.73 Å². The van der Waals surface area contributed by atoms with E-state index < -0.39 is 11.3 Å². The van der Waals surface area contributed by atoms with E-state index in [1.54, 1.807) is 12.1 Å². The number of primary amides is 1. The lowest BCUT2D eigenvalue weighted by atomic mass is 10.0. The van der Waals surface area contributed by atoms with E-state index in [0.717, 1.165) is 18.5 Å². The van der Waals surface area contributed by atoms with E-state index in [9.17, 15) is 4.79 Å². The Balaban J connectivity index is 2.32. The number of aromatic nitrogens is 1. The zero-order chi connectivity index (χ0) is 10.2. The molecular weight excluding hydrogens is 178 g/mol. The Morgan fingerprint density at radius 1 is 1.57 bits per heavy atom. The monoisotopic (exact) mass is 187 g/mol. The van der Waals surface area contributed by atoms with Crippen LogP contribution in [0.1, 0.15) is 28.9 Å². The van der Waals surface area contributed by atoms with E-state index in [2.05, 4.69) is 11.1 Å². The van der Waals surface area contributed by atoms with Crippen LogP contribution in [0.15, 0.2) is 18.3 Å². The second kappa shape index (κ2) is 2.81. The molecule has 2 N–H and O–H groups in total. The number of amides is 1. The molecule has 70 valence electrons. The Bertz CT molecular complexity index is 412. The van der Waals surface area contributed by atoms with Crippen LogP contribution in [0, 0.1) is 11.3 Å². The number of carbonyl (C=O) groups excluding carboxylic acids is 1. The molecule has 1 aromatic heterocycles. The van der Waals surface area contributed by atoms with Crippen LogP contribution in [-0.4, -0.2) is 10.9 Å². The Hall–Kier alpha value is -1.89. The number of hydrogen-bond donors (Lipinski definition) is 1. The molecule has 4 heteroatoms. The van der Waals surface area contributed by atoms with Crippen LogP contribution in [0.5, 0.6) is 0 Å². The molecule has 0 aromatic carbocycles. The SMILES string of the molecule is N#CC1(c2ccc(C(N)=O)cn2)CC1. The minimum atomic E-state index is -0.495. The predicted octanol–water partition coefficient (Wildman–Crippen LogP) is 0.736. The van der Waals surface area contributed by atoms with Gasteiger partial charge in [-0.05, 0) is 25.0 Å². The largest absolute Gasteiger partial charge is 0.366 e. The highest BCUT2D eigenvalue weighted by atomic mass is 16.1. The molecule has 4 nitrogen and oxygen atoms in total. The average molecular weight is 187 g/mol.